The highest BCUT2D eigenvalue weighted by Gasteiger charge is 2.54. The maximum atomic E-state index is 6.78. The van der Waals surface area contributed by atoms with Gasteiger partial charge in [-0.25, -0.2) is 0 Å². The van der Waals surface area contributed by atoms with Crippen molar-refractivity contribution >= 4 is 60.3 Å². The van der Waals surface area contributed by atoms with Crippen molar-refractivity contribution in [2.75, 3.05) is 4.90 Å². The zero-order valence-corrected chi connectivity index (χ0v) is 40.5. The van der Waals surface area contributed by atoms with Crippen molar-refractivity contribution in [3.05, 3.63) is 293 Å². The third kappa shape index (κ3) is 5.20. The molecule has 4 aliphatic rings. The third-order valence-electron chi connectivity index (χ3n) is 16.0. The van der Waals surface area contributed by atoms with Gasteiger partial charge in [-0.15, -0.1) is 11.3 Å². The van der Waals surface area contributed by atoms with E-state index < -0.39 is 10.8 Å². The summed E-state index contributed by atoms with van der Waals surface area (Å²) < 4.78 is 9.40. The first-order valence-corrected chi connectivity index (χ1v) is 26.4. The molecule has 0 N–H and O–H groups in total. The number of ether oxygens (including phenoxy) is 1. The van der Waals surface area contributed by atoms with Gasteiger partial charge >= 0.3 is 0 Å². The van der Waals surface area contributed by atoms with Gasteiger partial charge in [-0.2, -0.15) is 0 Å². The van der Waals surface area contributed by atoms with Gasteiger partial charge in [-0.1, -0.05) is 200 Å². The number of para-hydroxylation sites is 2. The highest BCUT2D eigenvalue weighted by atomic mass is 32.2. The molecule has 0 radical (unpaired) electrons. The van der Waals surface area contributed by atoms with Crippen molar-refractivity contribution in [2.24, 2.45) is 0 Å². The Morgan fingerprint density at radius 2 is 0.778 bits per heavy atom. The standard InChI is InChI=1S/C68H41NOS2/c1-4-22-48-45(18-1)65-54(67(48)50-24-6-10-32-58(50)70-59-33-11-7-25-51(59)67)28-16-30-56(65)69(43-40-38-42(39-41-43)44-21-15-37-63-64(44)47-20-3-12-34-60(47)71-63)57-31-17-29-55-66(57)46-19-2-5-23-49(46)68(55)52-26-8-13-35-61(52)72-62-36-14-9-27-53(62)68/h1-41H. The summed E-state index contributed by atoms with van der Waals surface area (Å²) in [6, 6.07) is 92.9. The molecule has 0 amide bonds. The molecule has 2 spiro atoms. The van der Waals surface area contributed by atoms with E-state index in [9.17, 15) is 0 Å². The van der Waals surface area contributed by atoms with Crippen LogP contribution in [0.3, 0.4) is 0 Å². The summed E-state index contributed by atoms with van der Waals surface area (Å²) in [7, 11) is 0. The molecule has 0 fully saturated rings. The second kappa shape index (κ2) is 15.1. The van der Waals surface area contributed by atoms with Crippen LogP contribution >= 0.6 is 23.1 Å². The first-order chi connectivity index (χ1) is 35.7. The summed E-state index contributed by atoms with van der Waals surface area (Å²) in [5.74, 6) is 1.78. The minimum absolute atomic E-state index is 0.525. The number of rotatable bonds is 4. The van der Waals surface area contributed by atoms with Crippen LogP contribution in [0.4, 0.5) is 17.1 Å². The Morgan fingerprint density at radius 1 is 0.333 bits per heavy atom. The quantitative estimate of drug-likeness (QED) is 0.174. The lowest BCUT2D eigenvalue weighted by molar-refractivity contribution is 0.436. The molecular formula is C68H41NOS2. The molecule has 0 atom stereocenters. The molecule has 0 bridgehead atoms. The first kappa shape index (κ1) is 40.3. The Labute approximate surface area is 426 Å². The molecular weight excluding hydrogens is 911 g/mol. The lowest BCUT2D eigenvalue weighted by Gasteiger charge is -2.40. The van der Waals surface area contributed by atoms with Gasteiger partial charge in [-0.3, -0.25) is 0 Å². The smallest absolute Gasteiger partial charge is 0.132 e. The van der Waals surface area contributed by atoms with Gasteiger partial charge < -0.3 is 9.64 Å². The maximum Gasteiger partial charge on any atom is 0.132 e. The van der Waals surface area contributed by atoms with Gasteiger partial charge in [0.2, 0.25) is 0 Å². The molecule has 0 saturated heterocycles. The maximum absolute atomic E-state index is 6.78. The second-order valence-corrected chi connectivity index (χ2v) is 21.5. The third-order valence-corrected chi connectivity index (χ3v) is 18.3. The Bertz CT molecular complexity index is 3970. The van der Waals surface area contributed by atoms with Crippen LogP contribution in [0.5, 0.6) is 11.5 Å². The second-order valence-electron chi connectivity index (χ2n) is 19.3. The molecule has 1 aromatic heterocycles. The molecule has 336 valence electrons. The summed E-state index contributed by atoms with van der Waals surface area (Å²) in [4.78, 5) is 5.18. The molecule has 12 aromatic rings. The summed E-state index contributed by atoms with van der Waals surface area (Å²) >= 11 is 3.76. The van der Waals surface area contributed by atoms with Gasteiger partial charge in [0.1, 0.15) is 11.5 Å². The molecule has 4 heteroatoms. The van der Waals surface area contributed by atoms with Crippen LogP contribution in [0.25, 0.3) is 53.6 Å². The lowest BCUT2D eigenvalue weighted by Crippen LogP contribution is -2.32. The normalized spacial score (nSPS) is 14.4. The minimum Gasteiger partial charge on any atom is -0.457 e. The first-order valence-electron chi connectivity index (χ1n) is 24.7. The van der Waals surface area contributed by atoms with Gasteiger partial charge in [0.25, 0.3) is 0 Å². The summed E-state index contributed by atoms with van der Waals surface area (Å²) in [6.45, 7) is 0. The van der Waals surface area contributed by atoms with Crippen molar-refractivity contribution in [3.8, 4) is 44.9 Å². The van der Waals surface area contributed by atoms with Crippen molar-refractivity contribution in [2.45, 2.75) is 20.6 Å². The fraction of sp³-hybridized carbons (Fsp3) is 0.0294. The predicted molar refractivity (Wildman–Crippen MR) is 298 cm³/mol. The predicted octanol–water partition coefficient (Wildman–Crippen LogP) is 18.5. The van der Waals surface area contributed by atoms with Crippen LogP contribution in [0.2, 0.25) is 0 Å². The SMILES string of the molecule is c1ccc2c(c1)Oc1ccccc1C21c2ccccc2-c2c(N(c3ccc(-c4cccc5sc6ccccc6c45)cc3)c3cccc4c3-c3ccccc3C43c4ccccc4Sc4ccccc43)cccc21. The van der Waals surface area contributed by atoms with Crippen molar-refractivity contribution < 1.29 is 4.74 Å². The van der Waals surface area contributed by atoms with Gasteiger partial charge in [0.15, 0.2) is 0 Å². The van der Waals surface area contributed by atoms with Gasteiger partial charge in [-0.05, 0) is 116 Å². The van der Waals surface area contributed by atoms with Crippen LogP contribution in [-0.4, -0.2) is 0 Å². The van der Waals surface area contributed by atoms with Crippen molar-refractivity contribution in [1.29, 1.82) is 0 Å². The van der Waals surface area contributed by atoms with Crippen LogP contribution in [-0.2, 0) is 10.8 Å². The zero-order valence-electron chi connectivity index (χ0n) is 38.8. The molecule has 16 rings (SSSR count). The number of nitrogens with zero attached hydrogens (tertiary/aromatic N) is 1. The largest absolute Gasteiger partial charge is 0.457 e. The molecule has 0 saturated carbocycles. The van der Waals surface area contributed by atoms with Crippen LogP contribution < -0.4 is 9.64 Å². The van der Waals surface area contributed by atoms with Gasteiger partial charge in [0, 0.05) is 57.9 Å². The number of anilines is 3. The Kier molecular flexibility index (Phi) is 8.43. The average molecular weight is 952 g/mol. The molecule has 0 unspecified atom stereocenters. The highest BCUT2D eigenvalue weighted by molar-refractivity contribution is 7.99. The topological polar surface area (TPSA) is 12.5 Å². The number of benzene rings is 11. The fourth-order valence-electron chi connectivity index (χ4n) is 13.4. The van der Waals surface area contributed by atoms with E-state index in [0.717, 1.165) is 39.7 Å². The van der Waals surface area contributed by atoms with E-state index in [1.54, 1.807) is 0 Å². The van der Waals surface area contributed by atoms with E-state index in [0.29, 0.717) is 0 Å². The van der Waals surface area contributed by atoms with E-state index >= 15 is 0 Å². The molecule has 3 heterocycles. The summed E-state index contributed by atoms with van der Waals surface area (Å²) in [6.07, 6.45) is 0. The molecule has 11 aromatic carbocycles. The number of hydrogen-bond acceptors (Lipinski definition) is 4. The van der Waals surface area contributed by atoms with Gasteiger partial charge in [0.05, 0.1) is 22.2 Å². The molecule has 72 heavy (non-hydrogen) atoms. The lowest BCUT2D eigenvalue weighted by atomic mass is 9.66. The summed E-state index contributed by atoms with van der Waals surface area (Å²) in [5, 5.41) is 2.62. The average Bonchev–Trinajstić information content (AvgIpc) is 4.07. The van der Waals surface area contributed by atoms with Crippen LogP contribution in [0.15, 0.2) is 259 Å². The van der Waals surface area contributed by atoms with E-state index in [4.69, 9.17) is 4.74 Å². The number of fused-ring (bicyclic) bond motifs is 21. The molecule has 2 aliphatic heterocycles. The van der Waals surface area contributed by atoms with E-state index in [2.05, 4.69) is 254 Å². The van der Waals surface area contributed by atoms with E-state index in [1.807, 2.05) is 23.1 Å². The summed E-state index contributed by atoms with van der Waals surface area (Å²) in [5.41, 5.74) is 19.7. The van der Waals surface area contributed by atoms with Crippen LogP contribution in [0, 0.1) is 0 Å². The Balaban J connectivity index is 0.998. The van der Waals surface area contributed by atoms with Crippen molar-refractivity contribution in [1.82, 2.24) is 0 Å². The fourth-order valence-corrected chi connectivity index (χ4v) is 15.7. The molecule has 2 nitrogen and oxygen atoms in total. The van der Waals surface area contributed by atoms with Crippen LogP contribution in [0.1, 0.15) is 44.5 Å². The number of thiophene rings is 1. The van der Waals surface area contributed by atoms with E-state index in [1.165, 1.54) is 96.7 Å². The Morgan fingerprint density at radius 3 is 1.39 bits per heavy atom. The van der Waals surface area contributed by atoms with Crippen molar-refractivity contribution in [3.63, 3.8) is 0 Å². The Hall–Kier alpha value is -8.41. The monoisotopic (exact) mass is 951 g/mol. The zero-order chi connectivity index (χ0) is 47.1. The van der Waals surface area contributed by atoms with E-state index in [-0.39, 0.29) is 0 Å². The minimum atomic E-state index is -0.618. The molecule has 2 aliphatic carbocycles. The highest BCUT2D eigenvalue weighted by Crippen LogP contribution is 2.67. The number of hydrogen-bond donors (Lipinski definition) is 0.